The molecule has 2 N–H and O–H groups in total. The van der Waals surface area contributed by atoms with Gasteiger partial charge >= 0.3 is 0 Å². The largest absolute Gasteiger partial charge is 0.507 e. The number of carbonyl (C=O) groups is 3. The van der Waals surface area contributed by atoms with Gasteiger partial charge in [-0.05, 0) is 80.6 Å². The van der Waals surface area contributed by atoms with Crippen LogP contribution in [-0.2, 0) is 14.4 Å². The van der Waals surface area contributed by atoms with Gasteiger partial charge in [0.15, 0.2) is 0 Å². The number of para-hydroxylation sites is 3. The number of piperazine rings is 1. The van der Waals surface area contributed by atoms with Crippen molar-refractivity contribution < 1.29 is 19.5 Å². The maximum Gasteiger partial charge on any atom is 0.242 e. The average molecular weight is 758 g/mol. The van der Waals surface area contributed by atoms with Crippen molar-refractivity contribution in [3.63, 3.8) is 0 Å². The molecule has 1 aliphatic carbocycles. The number of nitrogens with zero attached hydrogens (tertiary/aromatic N) is 8. The molecule has 2 aromatic carbocycles. The van der Waals surface area contributed by atoms with Gasteiger partial charge in [0, 0.05) is 63.5 Å². The molecule has 13 nitrogen and oxygen atoms in total. The van der Waals surface area contributed by atoms with Crippen LogP contribution in [0, 0.1) is 0 Å². The number of phenolic OH excluding ortho intramolecular Hbond substituents is 1. The standard InChI is InChI=1S/C41H45N9O4.C2H6/c1-42-41(54)36(10-6-24-51)49-23-22-47(34-8-3-4-9-35(34)49)29-14-12-28(13-15-29)46-20-21-48(40(53)27-46)30-16-17-39(43-26-30)50-19-18-32-37(50)25-33(45-44-32)31-7-2-5-11-38(31)52;1-2/h2-5,7-9,11,16-19,24-26,28-29,36,52H,6,10,12-15,20-23,27H2,1H3,(H,42,54);1-2H3. The molecular formula is C43H51N9O4. The van der Waals surface area contributed by atoms with Crippen molar-refractivity contribution in [2.75, 3.05) is 54.5 Å². The molecule has 2 amide bonds. The van der Waals surface area contributed by atoms with Gasteiger partial charge in [-0.3, -0.25) is 19.1 Å². The fourth-order valence-corrected chi connectivity index (χ4v) is 8.57. The molecule has 13 heteroatoms. The van der Waals surface area contributed by atoms with Crippen LogP contribution < -0.4 is 20.0 Å². The van der Waals surface area contributed by atoms with Crippen LogP contribution in [0.15, 0.2) is 85.2 Å². The van der Waals surface area contributed by atoms with E-state index in [-0.39, 0.29) is 23.6 Å². The fourth-order valence-electron chi connectivity index (χ4n) is 8.57. The zero-order valence-electron chi connectivity index (χ0n) is 32.4. The van der Waals surface area contributed by atoms with Crippen molar-refractivity contribution in [3.8, 4) is 22.8 Å². The summed E-state index contributed by atoms with van der Waals surface area (Å²) < 4.78 is 1.93. The van der Waals surface area contributed by atoms with E-state index in [0.717, 1.165) is 74.2 Å². The Kier molecular flexibility index (Phi) is 11.9. The predicted molar refractivity (Wildman–Crippen MR) is 219 cm³/mol. The number of aromatic nitrogens is 4. The highest BCUT2D eigenvalue weighted by atomic mass is 16.3. The van der Waals surface area contributed by atoms with Gasteiger partial charge in [0.2, 0.25) is 11.8 Å². The maximum absolute atomic E-state index is 13.6. The Morgan fingerprint density at radius 1 is 0.911 bits per heavy atom. The molecule has 8 rings (SSSR count). The molecule has 56 heavy (non-hydrogen) atoms. The third-order valence-corrected chi connectivity index (χ3v) is 11.4. The highest BCUT2D eigenvalue weighted by Crippen LogP contribution is 2.39. The number of aldehydes is 1. The molecule has 2 fully saturated rings. The zero-order valence-corrected chi connectivity index (χ0v) is 32.4. The number of likely N-dealkylation sites (N-methyl/N-ethyl adjacent to an activating group) is 1. The zero-order chi connectivity index (χ0) is 39.2. The fraction of sp³-hybridized carbons (Fsp3) is 0.395. The van der Waals surface area contributed by atoms with Gasteiger partial charge in [-0.25, -0.2) is 4.98 Å². The Bertz CT molecular complexity index is 2150. The summed E-state index contributed by atoms with van der Waals surface area (Å²) in [5.41, 5.74) is 5.67. The van der Waals surface area contributed by atoms with E-state index >= 15 is 0 Å². The van der Waals surface area contributed by atoms with Gasteiger partial charge in [0.05, 0.1) is 41.0 Å². The first kappa shape index (κ1) is 38.5. The number of carbonyl (C=O) groups excluding carboxylic acids is 3. The first-order valence-corrected chi connectivity index (χ1v) is 19.8. The molecule has 3 aliphatic rings. The highest BCUT2D eigenvalue weighted by Gasteiger charge is 2.37. The van der Waals surface area contributed by atoms with Gasteiger partial charge in [0.1, 0.15) is 29.4 Å². The van der Waals surface area contributed by atoms with Crippen molar-refractivity contribution in [1.29, 1.82) is 0 Å². The monoisotopic (exact) mass is 757 g/mol. The van der Waals surface area contributed by atoms with Crippen LogP contribution in [-0.4, -0.2) is 106 Å². The Morgan fingerprint density at radius 2 is 1.66 bits per heavy atom. The van der Waals surface area contributed by atoms with Crippen molar-refractivity contribution in [2.45, 2.75) is 70.5 Å². The number of aromatic hydroxyl groups is 1. The van der Waals surface area contributed by atoms with Crippen LogP contribution in [0.4, 0.5) is 17.1 Å². The summed E-state index contributed by atoms with van der Waals surface area (Å²) in [7, 11) is 1.65. The van der Waals surface area contributed by atoms with Crippen molar-refractivity contribution in [3.05, 3.63) is 85.2 Å². The van der Waals surface area contributed by atoms with Gasteiger partial charge < -0.3 is 29.9 Å². The highest BCUT2D eigenvalue weighted by molar-refractivity contribution is 5.95. The van der Waals surface area contributed by atoms with Gasteiger partial charge in [-0.2, -0.15) is 0 Å². The van der Waals surface area contributed by atoms with Crippen LogP contribution in [0.1, 0.15) is 52.4 Å². The number of rotatable bonds is 10. The van der Waals surface area contributed by atoms with Crippen LogP contribution in [0.2, 0.25) is 0 Å². The Morgan fingerprint density at radius 3 is 2.38 bits per heavy atom. The van der Waals surface area contributed by atoms with Crippen LogP contribution in [0.3, 0.4) is 0 Å². The smallest absolute Gasteiger partial charge is 0.242 e. The molecule has 5 aromatic rings. The quantitative estimate of drug-likeness (QED) is 0.173. The second-order valence-electron chi connectivity index (χ2n) is 14.3. The van der Waals surface area contributed by atoms with E-state index in [1.54, 1.807) is 25.4 Å². The van der Waals surface area contributed by atoms with E-state index in [2.05, 4.69) is 48.4 Å². The van der Waals surface area contributed by atoms with Crippen molar-refractivity contribution >= 4 is 46.2 Å². The summed E-state index contributed by atoms with van der Waals surface area (Å²) in [5.74, 6) is 0.854. The third kappa shape index (κ3) is 7.68. The van der Waals surface area contributed by atoms with Crippen LogP contribution >= 0.6 is 0 Å². The van der Waals surface area contributed by atoms with Crippen LogP contribution in [0.5, 0.6) is 5.75 Å². The number of amides is 2. The van der Waals surface area contributed by atoms with E-state index in [1.165, 1.54) is 0 Å². The van der Waals surface area contributed by atoms with Crippen molar-refractivity contribution in [2.24, 2.45) is 0 Å². The average Bonchev–Trinajstić information content (AvgIpc) is 3.68. The Labute approximate surface area is 327 Å². The molecule has 0 spiro atoms. The lowest BCUT2D eigenvalue weighted by Crippen LogP contribution is -2.56. The number of nitrogens with one attached hydrogen (secondary N) is 1. The molecule has 1 saturated heterocycles. The Hall–Kier alpha value is -5.82. The number of anilines is 3. The number of pyridine rings is 1. The number of fused-ring (bicyclic) bond motifs is 2. The predicted octanol–water partition coefficient (Wildman–Crippen LogP) is 5.59. The maximum atomic E-state index is 13.6. The lowest BCUT2D eigenvalue weighted by Gasteiger charge is -2.48. The molecule has 0 bridgehead atoms. The van der Waals surface area contributed by atoms with Gasteiger partial charge in [-0.1, -0.05) is 38.1 Å². The van der Waals surface area contributed by atoms with E-state index < -0.39 is 0 Å². The molecule has 0 radical (unpaired) electrons. The summed E-state index contributed by atoms with van der Waals surface area (Å²) in [4.78, 5) is 51.2. The molecule has 5 heterocycles. The van der Waals surface area contributed by atoms with E-state index in [0.29, 0.717) is 60.6 Å². The molecule has 1 atom stereocenters. The number of hydrogen-bond donors (Lipinski definition) is 2. The second kappa shape index (κ2) is 17.3. The molecule has 1 unspecified atom stereocenters. The SMILES string of the molecule is CC.CNC(=O)C(CCC=O)N1CCN(C2CCC(N3CCN(c4ccc(-n5ccc6nnc(-c7ccccc7O)cc65)nc4)C(=O)C3)CC2)c2ccccc21. The summed E-state index contributed by atoms with van der Waals surface area (Å²) in [6.07, 6.45) is 9.50. The van der Waals surface area contributed by atoms with E-state index in [4.69, 9.17) is 4.98 Å². The van der Waals surface area contributed by atoms with Crippen LogP contribution in [0.25, 0.3) is 28.1 Å². The second-order valence-corrected chi connectivity index (χ2v) is 14.3. The first-order valence-electron chi connectivity index (χ1n) is 19.8. The third-order valence-electron chi connectivity index (χ3n) is 11.4. The summed E-state index contributed by atoms with van der Waals surface area (Å²) in [6, 6.07) is 23.4. The molecule has 1 saturated carbocycles. The van der Waals surface area contributed by atoms with E-state index in [1.807, 2.05) is 72.0 Å². The normalized spacial score (nSPS) is 19.2. The molecular weight excluding hydrogens is 707 g/mol. The number of phenols is 1. The summed E-state index contributed by atoms with van der Waals surface area (Å²) in [5, 5.41) is 21.8. The van der Waals surface area contributed by atoms with Gasteiger partial charge in [0.25, 0.3) is 0 Å². The molecule has 292 valence electrons. The molecule has 2 aliphatic heterocycles. The Balaban J connectivity index is 0.00000237. The first-order chi connectivity index (χ1) is 27.4. The number of benzene rings is 2. The van der Waals surface area contributed by atoms with E-state index in [9.17, 15) is 19.5 Å². The van der Waals surface area contributed by atoms with Gasteiger partial charge in [-0.15, -0.1) is 10.2 Å². The van der Waals surface area contributed by atoms with Crippen molar-refractivity contribution in [1.82, 2.24) is 30.0 Å². The summed E-state index contributed by atoms with van der Waals surface area (Å²) in [6.45, 7) is 7.34. The molecule has 3 aromatic heterocycles. The topological polar surface area (TPSA) is 140 Å². The number of hydrogen-bond acceptors (Lipinski definition) is 10. The summed E-state index contributed by atoms with van der Waals surface area (Å²) >= 11 is 0. The lowest BCUT2D eigenvalue weighted by molar-refractivity contribution is -0.123. The lowest BCUT2D eigenvalue weighted by atomic mass is 9.88. The minimum Gasteiger partial charge on any atom is -0.507 e. The minimum atomic E-state index is -0.384. The minimum absolute atomic E-state index is 0.0640.